The number of likely N-dealkylation sites (N-methyl/N-ethyl adjacent to an activating group) is 1. The van der Waals surface area contributed by atoms with Gasteiger partial charge in [-0.05, 0) is 62.4 Å². The average molecular weight is 579 g/mol. The predicted octanol–water partition coefficient (Wildman–Crippen LogP) is 4.75. The lowest BCUT2D eigenvalue weighted by atomic mass is 10.1. The van der Waals surface area contributed by atoms with Crippen molar-refractivity contribution in [3.63, 3.8) is 0 Å². The molecule has 0 saturated heterocycles. The van der Waals surface area contributed by atoms with Gasteiger partial charge in [0, 0.05) is 28.7 Å². The third-order valence-electron chi connectivity index (χ3n) is 5.88. The van der Waals surface area contributed by atoms with Gasteiger partial charge in [0.05, 0.1) is 17.7 Å². The van der Waals surface area contributed by atoms with E-state index in [1.807, 2.05) is 0 Å². The summed E-state index contributed by atoms with van der Waals surface area (Å²) >= 11 is 12.7. The molecule has 0 aliphatic heterocycles. The summed E-state index contributed by atoms with van der Waals surface area (Å²) in [6, 6.07) is 18.1. The molecule has 0 aliphatic rings. The highest BCUT2D eigenvalue weighted by Crippen LogP contribution is 2.29. The van der Waals surface area contributed by atoms with Crippen LogP contribution in [0.2, 0.25) is 10.0 Å². The average Bonchev–Trinajstić information content (AvgIpc) is 2.91. The van der Waals surface area contributed by atoms with Crippen molar-refractivity contribution in [3.8, 4) is 5.75 Å². The number of carbonyl (C=O) groups is 2. The Kier molecular flexibility index (Phi) is 10.0. The lowest BCUT2D eigenvalue weighted by Gasteiger charge is -2.32. The van der Waals surface area contributed by atoms with Crippen LogP contribution in [0.25, 0.3) is 0 Å². The maximum absolute atomic E-state index is 13.8. The fourth-order valence-electron chi connectivity index (χ4n) is 3.76. The minimum atomic E-state index is -4.16. The second-order valence-corrected chi connectivity index (χ2v) is 11.0. The second-order valence-electron chi connectivity index (χ2n) is 8.32. The van der Waals surface area contributed by atoms with Gasteiger partial charge in [-0.15, -0.1) is 0 Å². The lowest BCUT2D eigenvalue weighted by molar-refractivity contribution is -0.139. The van der Waals surface area contributed by atoms with Gasteiger partial charge in [0.15, 0.2) is 0 Å². The number of amides is 2. The van der Waals surface area contributed by atoms with E-state index in [1.54, 1.807) is 74.5 Å². The van der Waals surface area contributed by atoms with E-state index in [0.29, 0.717) is 27.9 Å². The minimum absolute atomic E-state index is 0.0149. The number of hydrogen-bond donors (Lipinski definition) is 1. The van der Waals surface area contributed by atoms with E-state index < -0.39 is 34.4 Å². The van der Waals surface area contributed by atoms with Crippen LogP contribution in [-0.4, -0.2) is 51.4 Å². The summed E-state index contributed by atoms with van der Waals surface area (Å²) in [5, 5.41) is 3.35. The molecule has 3 aromatic carbocycles. The Bertz CT molecular complexity index is 1350. The highest BCUT2D eigenvalue weighted by atomic mass is 35.5. The van der Waals surface area contributed by atoms with Gasteiger partial charge < -0.3 is 15.0 Å². The second kappa shape index (κ2) is 13.0. The molecule has 0 radical (unpaired) electrons. The van der Waals surface area contributed by atoms with Crippen LogP contribution in [0.3, 0.4) is 0 Å². The van der Waals surface area contributed by atoms with Crippen LogP contribution in [0.4, 0.5) is 5.69 Å². The zero-order valence-electron chi connectivity index (χ0n) is 21.2. The van der Waals surface area contributed by atoms with Crippen LogP contribution < -0.4 is 14.4 Å². The van der Waals surface area contributed by atoms with E-state index in [4.69, 9.17) is 27.9 Å². The summed E-state index contributed by atoms with van der Waals surface area (Å²) in [4.78, 5) is 27.9. The molecular weight excluding hydrogens is 549 g/mol. The van der Waals surface area contributed by atoms with Gasteiger partial charge in [-0.1, -0.05) is 47.5 Å². The van der Waals surface area contributed by atoms with Crippen LogP contribution in [0.1, 0.15) is 19.4 Å². The zero-order chi connectivity index (χ0) is 27.9. The summed E-state index contributed by atoms with van der Waals surface area (Å²) < 4.78 is 33.6. The quantitative estimate of drug-likeness (QED) is 0.354. The summed E-state index contributed by atoms with van der Waals surface area (Å²) in [5.74, 6) is -0.488. The molecule has 0 bridgehead atoms. The summed E-state index contributed by atoms with van der Waals surface area (Å²) in [5.41, 5.74) is 0.701. The van der Waals surface area contributed by atoms with E-state index >= 15 is 0 Å². The molecule has 8 nitrogen and oxygen atoms in total. The minimum Gasteiger partial charge on any atom is -0.497 e. The number of nitrogens with zero attached hydrogens (tertiary/aromatic N) is 2. The molecular formula is C27H29Cl2N3O5S. The molecule has 3 rings (SSSR count). The molecule has 0 unspecified atom stereocenters. The van der Waals surface area contributed by atoms with Crippen LogP contribution >= 0.6 is 23.2 Å². The van der Waals surface area contributed by atoms with Crippen LogP contribution in [-0.2, 0) is 26.2 Å². The van der Waals surface area contributed by atoms with E-state index in [-0.39, 0.29) is 17.1 Å². The molecule has 0 spiro atoms. The van der Waals surface area contributed by atoms with Crippen molar-refractivity contribution in [2.45, 2.75) is 31.3 Å². The maximum Gasteiger partial charge on any atom is 0.264 e. The van der Waals surface area contributed by atoms with Gasteiger partial charge in [0.1, 0.15) is 18.3 Å². The van der Waals surface area contributed by atoms with Crippen molar-refractivity contribution in [3.05, 3.63) is 88.4 Å². The number of halogens is 2. The summed E-state index contributed by atoms with van der Waals surface area (Å²) in [7, 11) is -2.66. The van der Waals surface area contributed by atoms with Crippen molar-refractivity contribution in [2.75, 3.05) is 24.5 Å². The van der Waals surface area contributed by atoms with Gasteiger partial charge in [-0.25, -0.2) is 8.42 Å². The smallest absolute Gasteiger partial charge is 0.264 e. The number of nitrogens with one attached hydrogen (secondary N) is 1. The molecule has 1 N–H and O–H groups in total. The molecule has 0 saturated carbocycles. The maximum atomic E-state index is 13.8. The fourth-order valence-corrected chi connectivity index (χ4v) is 5.71. The number of anilines is 1. The Balaban J connectivity index is 2.05. The first-order valence-electron chi connectivity index (χ1n) is 11.8. The number of benzene rings is 3. The molecule has 11 heteroatoms. The van der Waals surface area contributed by atoms with E-state index in [1.165, 1.54) is 24.1 Å². The number of ether oxygens (including phenoxy) is 1. The van der Waals surface area contributed by atoms with Crippen molar-refractivity contribution in [1.82, 2.24) is 10.2 Å². The molecule has 1 atom stereocenters. The number of sulfonamides is 1. The van der Waals surface area contributed by atoms with Gasteiger partial charge in [-0.2, -0.15) is 0 Å². The van der Waals surface area contributed by atoms with Gasteiger partial charge >= 0.3 is 0 Å². The van der Waals surface area contributed by atoms with E-state index in [2.05, 4.69) is 5.32 Å². The Hall–Kier alpha value is -3.27. The van der Waals surface area contributed by atoms with Gasteiger partial charge in [0.2, 0.25) is 11.8 Å². The van der Waals surface area contributed by atoms with Crippen molar-refractivity contribution >= 4 is 50.7 Å². The first-order chi connectivity index (χ1) is 18.1. The molecule has 0 heterocycles. The fraction of sp³-hybridized carbons (Fsp3) is 0.259. The number of carbonyl (C=O) groups excluding carboxylic acids is 2. The van der Waals surface area contributed by atoms with Crippen molar-refractivity contribution in [1.29, 1.82) is 0 Å². The van der Waals surface area contributed by atoms with Crippen LogP contribution in [0.5, 0.6) is 5.75 Å². The molecule has 2 amide bonds. The van der Waals surface area contributed by atoms with Crippen LogP contribution in [0.15, 0.2) is 77.7 Å². The topological polar surface area (TPSA) is 96.0 Å². The zero-order valence-corrected chi connectivity index (χ0v) is 23.6. The number of rotatable bonds is 11. The first kappa shape index (κ1) is 29.3. The highest BCUT2D eigenvalue weighted by Gasteiger charge is 2.33. The molecule has 0 fully saturated rings. The molecule has 0 aliphatic carbocycles. The summed E-state index contributed by atoms with van der Waals surface area (Å²) in [6.07, 6.45) is 0. The standard InChI is InChI=1S/C27H29Cl2N3O5S/c1-4-30-27(34)19(2)31(17-23-24(28)11-8-12-25(23)29)26(33)18-32(20-13-15-21(37-3)16-14-20)38(35,36)22-9-6-5-7-10-22/h5-16,19H,4,17-18H2,1-3H3,(H,30,34)/t19-/m1/s1. The third kappa shape index (κ3) is 6.78. The SMILES string of the molecule is CCNC(=O)[C@@H](C)N(Cc1c(Cl)cccc1Cl)C(=O)CN(c1ccc(OC)cc1)S(=O)(=O)c1ccccc1. The Labute approximate surface area is 233 Å². The third-order valence-corrected chi connectivity index (χ3v) is 8.38. The number of hydrogen-bond acceptors (Lipinski definition) is 5. The van der Waals surface area contributed by atoms with Crippen molar-refractivity contribution < 1.29 is 22.7 Å². The van der Waals surface area contributed by atoms with E-state index in [0.717, 1.165) is 4.31 Å². The Morgan fingerprint density at radius 1 is 0.947 bits per heavy atom. The molecule has 202 valence electrons. The Morgan fingerprint density at radius 3 is 2.11 bits per heavy atom. The summed E-state index contributed by atoms with van der Waals surface area (Å²) in [6.45, 7) is 3.02. The highest BCUT2D eigenvalue weighted by molar-refractivity contribution is 7.92. The predicted molar refractivity (Wildman–Crippen MR) is 149 cm³/mol. The largest absolute Gasteiger partial charge is 0.497 e. The normalized spacial score (nSPS) is 11.9. The van der Waals surface area contributed by atoms with Gasteiger partial charge in [-0.3, -0.25) is 13.9 Å². The number of methoxy groups -OCH3 is 1. The van der Waals surface area contributed by atoms with Gasteiger partial charge in [0.25, 0.3) is 10.0 Å². The first-order valence-corrected chi connectivity index (χ1v) is 14.0. The van der Waals surface area contributed by atoms with E-state index in [9.17, 15) is 18.0 Å². The lowest BCUT2D eigenvalue weighted by Crippen LogP contribution is -2.51. The molecule has 3 aromatic rings. The monoisotopic (exact) mass is 577 g/mol. The molecule has 38 heavy (non-hydrogen) atoms. The van der Waals surface area contributed by atoms with Crippen LogP contribution in [0, 0.1) is 0 Å². The molecule has 0 aromatic heterocycles. The Morgan fingerprint density at radius 2 is 1.55 bits per heavy atom. The van der Waals surface area contributed by atoms with Crippen molar-refractivity contribution in [2.24, 2.45) is 0 Å².